The van der Waals surface area contributed by atoms with Gasteiger partial charge in [-0.25, -0.2) is 13.8 Å². The van der Waals surface area contributed by atoms with Gasteiger partial charge in [0.2, 0.25) is 5.60 Å². The molecule has 0 aliphatic carbocycles. The summed E-state index contributed by atoms with van der Waals surface area (Å²) in [4.78, 5) is 33.6. The molecule has 3 N–H and O–H groups in total. The number of hydrogen-bond acceptors (Lipinski definition) is 4. The maximum Gasteiger partial charge on any atom is 0.270 e. The van der Waals surface area contributed by atoms with Gasteiger partial charge in [0.05, 0.1) is 11.7 Å². The molecule has 144 valence electrons. The summed E-state index contributed by atoms with van der Waals surface area (Å²) in [5.74, 6) is -2.95. The van der Waals surface area contributed by atoms with Crippen LogP contribution < -0.4 is 10.2 Å². The van der Waals surface area contributed by atoms with Crippen LogP contribution in [0.5, 0.6) is 0 Å². The summed E-state index contributed by atoms with van der Waals surface area (Å²) >= 11 is 0. The summed E-state index contributed by atoms with van der Waals surface area (Å²) in [6.45, 7) is -0.114. The summed E-state index contributed by atoms with van der Waals surface area (Å²) in [5, 5.41) is 13.8. The van der Waals surface area contributed by atoms with Crippen molar-refractivity contribution in [2.45, 2.75) is 18.6 Å². The molecular formula is C19H16F2N4O3. The summed E-state index contributed by atoms with van der Waals surface area (Å²) in [7, 11) is 0. The van der Waals surface area contributed by atoms with E-state index in [0.717, 1.165) is 23.0 Å². The lowest BCUT2D eigenvalue weighted by Gasteiger charge is -2.21. The molecule has 0 spiro atoms. The van der Waals surface area contributed by atoms with Gasteiger partial charge in [0, 0.05) is 37.2 Å². The van der Waals surface area contributed by atoms with Gasteiger partial charge in [0.1, 0.15) is 17.5 Å². The van der Waals surface area contributed by atoms with Crippen molar-refractivity contribution in [1.82, 2.24) is 15.3 Å². The van der Waals surface area contributed by atoms with Crippen LogP contribution in [0.1, 0.15) is 12.0 Å². The molecule has 1 unspecified atom stereocenters. The van der Waals surface area contributed by atoms with Crippen molar-refractivity contribution in [2.75, 3.05) is 11.4 Å². The van der Waals surface area contributed by atoms with E-state index in [9.17, 15) is 23.5 Å². The van der Waals surface area contributed by atoms with Crippen molar-refractivity contribution in [2.24, 2.45) is 0 Å². The summed E-state index contributed by atoms with van der Waals surface area (Å²) in [6, 6.07) is 6.34. The molecule has 0 bridgehead atoms. The molecule has 1 fully saturated rings. The topological polar surface area (TPSA) is 98.3 Å². The Kier molecular flexibility index (Phi) is 4.31. The maximum absolute atomic E-state index is 13.2. The second kappa shape index (κ2) is 6.68. The van der Waals surface area contributed by atoms with Crippen LogP contribution in [-0.2, 0) is 16.1 Å². The quantitative estimate of drug-likeness (QED) is 0.594. The van der Waals surface area contributed by atoms with Gasteiger partial charge in [-0.05, 0) is 29.8 Å². The van der Waals surface area contributed by atoms with Gasteiger partial charge in [-0.1, -0.05) is 0 Å². The molecule has 2 amide bonds. The van der Waals surface area contributed by atoms with E-state index in [1.165, 1.54) is 4.90 Å². The second-order valence-electron chi connectivity index (χ2n) is 6.63. The minimum atomic E-state index is -2.26. The number of H-pyrrole nitrogens is 1. The number of aromatic amines is 1. The van der Waals surface area contributed by atoms with Gasteiger partial charge < -0.3 is 15.4 Å². The highest BCUT2D eigenvalue weighted by Crippen LogP contribution is 2.29. The largest absolute Gasteiger partial charge is 0.372 e. The Labute approximate surface area is 158 Å². The smallest absolute Gasteiger partial charge is 0.270 e. The maximum atomic E-state index is 13.2. The zero-order valence-corrected chi connectivity index (χ0v) is 14.6. The average Bonchev–Trinajstić information content (AvgIpc) is 3.24. The minimum Gasteiger partial charge on any atom is -0.372 e. The highest BCUT2D eigenvalue weighted by atomic mass is 19.1. The normalized spacial score (nSPS) is 19.4. The highest BCUT2D eigenvalue weighted by Gasteiger charge is 2.52. The number of benzene rings is 1. The number of hydrogen-bond donors (Lipinski definition) is 3. The zero-order chi connectivity index (χ0) is 19.9. The Morgan fingerprint density at radius 3 is 2.79 bits per heavy atom. The van der Waals surface area contributed by atoms with Crippen LogP contribution >= 0.6 is 0 Å². The number of nitrogens with one attached hydrogen (secondary N) is 2. The van der Waals surface area contributed by atoms with E-state index in [0.29, 0.717) is 11.9 Å². The molecule has 3 aromatic rings. The van der Waals surface area contributed by atoms with Gasteiger partial charge in [-0.2, -0.15) is 0 Å². The molecule has 1 aliphatic heterocycles. The van der Waals surface area contributed by atoms with E-state index in [1.807, 2.05) is 6.07 Å². The van der Waals surface area contributed by atoms with Crippen LogP contribution in [0.15, 0.2) is 42.7 Å². The average molecular weight is 386 g/mol. The Morgan fingerprint density at radius 2 is 2.04 bits per heavy atom. The number of amides is 2. The van der Waals surface area contributed by atoms with Crippen molar-refractivity contribution >= 4 is 28.5 Å². The van der Waals surface area contributed by atoms with Gasteiger partial charge in [-0.3, -0.25) is 14.5 Å². The number of halogens is 2. The first-order valence-electron chi connectivity index (χ1n) is 8.57. The minimum absolute atomic E-state index is 0.111. The third kappa shape index (κ3) is 3.09. The van der Waals surface area contributed by atoms with Gasteiger partial charge >= 0.3 is 0 Å². The van der Waals surface area contributed by atoms with Crippen molar-refractivity contribution in [1.29, 1.82) is 0 Å². The SMILES string of the molecule is O=C(NCc1cc(F)cc(F)c1)C1(O)CCN(c2cc3cc[nH]c3cn2)C1=O. The highest BCUT2D eigenvalue weighted by molar-refractivity contribution is 6.16. The Balaban J connectivity index is 1.49. The number of carbonyl (C=O) groups excluding carboxylic acids is 2. The van der Waals surface area contributed by atoms with E-state index in [1.54, 1.807) is 18.5 Å². The van der Waals surface area contributed by atoms with Crippen molar-refractivity contribution in [3.05, 3.63) is 59.9 Å². The van der Waals surface area contributed by atoms with Crippen LogP contribution in [0.3, 0.4) is 0 Å². The predicted octanol–water partition coefficient (Wildman–Crippen LogP) is 1.63. The Bertz CT molecular complexity index is 1060. The number of nitrogens with zero attached hydrogens (tertiary/aromatic N) is 2. The Hall–Kier alpha value is -3.33. The molecule has 7 nitrogen and oxygen atoms in total. The number of carbonyl (C=O) groups is 2. The summed E-state index contributed by atoms with van der Waals surface area (Å²) in [5.41, 5.74) is -1.29. The molecule has 0 radical (unpaired) electrons. The van der Waals surface area contributed by atoms with E-state index >= 15 is 0 Å². The first kappa shape index (κ1) is 18.1. The molecule has 1 aromatic carbocycles. The van der Waals surface area contributed by atoms with E-state index < -0.39 is 29.0 Å². The van der Waals surface area contributed by atoms with Crippen LogP contribution in [0.4, 0.5) is 14.6 Å². The fraction of sp³-hybridized carbons (Fsp3) is 0.211. The fourth-order valence-corrected chi connectivity index (χ4v) is 3.26. The lowest BCUT2D eigenvalue weighted by Crippen LogP contribution is -2.52. The summed E-state index contributed by atoms with van der Waals surface area (Å²) in [6.07, 6.45) is 3.18. The number of rotatable bonds is 4. The van der Waals surface area contributed by atoms with E-state index in [4.69, 9.17) is 0 Å². The van der Waals surface area contributed by atoms with Crippen molar-refractivity contribution in [3.63, 3.8) is 0 Å². The van der Waals surface area contributed by atoms with Crippen LogP contribution in [0.25, 0.3) is 10.9 Å². The number of aromatic nitrogens is 2. The molecule has 9 heteroatoms. The standard InChI is InChI=1S/C19H16F2N4O3/c20-13-5-11(6-14(21)8-13)9-24-17(26)19(28)2-4-25(18(19)27)16-7-12-1-3-22-15(12)10-23-16/h1,3,5-8,10,22,28H,2,4,9H2,(H,24,26). The molecule has 1 aliphatic rings. The van der Waals surface area contributed by atoms with Crippen molar-refractivity contribution < 1.29 is 23.5 Å². The van der Waals surface area contributed by atoms with Crippen molar-refractivity contribution in [3.8, 4) is 0 Å². The molecule has 4 rings (SSSR count). The molecule has 3 heterocycles. The van der Waals surface area contributed by atoms with Crippen LogP contribution in [-0.4, -0.2) is 39.0 Å². The molecule has 1 atom stereocenters. The zero-order valence-electron chi connectivity index (χ0n) is 14.6. The third-order valence-corrected chi connectivity index (χ3v) is 4.75. The fourth-order valence-electron chi connectivity index (χ4n) is 3.26. The first-order valence-corrected chi connectivity index (χ1v) is 8.57. The molecule has 1 saturated heterocycles. The third-order valence-electron chi connectivity index (χ3n) is 4.75. The second-order valence-corrected chi connectivity index (χ2v) is 6.63. The van der Waals surface area contributed by atoms with Crippen LogP contribution in [0.2, 0.25) is 0 Å². The lowest BCUT2D eigenvalue weighted by atomic mass is 10.0. The molecule has 0 saturated carbocycles. The van der Waals surface area contributed by atoms with Gasteiger partial charge in [0.25, 0.3) is 11.8 Å². The number of pyridine rings is 1. The van der Waals surface area contributed by atoms with Gasteiger partial charge in [0.15, 0.2) is 0 Å². The molecular weight excluding hydrogens is 370 g/mol. The number of aliphatic hydroxyl groups is 1. The van der Waals surface area contributed by atoms with E-state index in [2.05, 4.69) is 15.3 Å². The molecule has 28 heavy (non-hydrogen) atoms. The number of anilines is 1. The first-order chi connectivity index (χ1) is 13.4. The number of fused-ring (bicyclic) bond motifs is 1. The predicted molar refractivity (Wildman–Crippen MR) is 96.2 cm³/mol. The summed E-state index contributed by atoms with van der Waals surface area (Å²) < 4.78 is 26.5. The Morgan fingerprint density at radius 1 is 1.29 bits per heavy atom. The monoisotopic (exact) mass is 386 g/mol. The lowest BCUT2D eigenvalue weighted by molar-refractivity contribution is -0.149. The van der Waals surface area contributed by atoms with E-state index in [-0.39, 0.29) is 25.1 Å². The van der Waals surface area contributed by atoms with Crippen LogP contribution in [0, 0.1) is 11.6 Å². The molecule has 2 aromatic heterocycles. The van der Waals surface area contributed by atoms with Gasteiger partial charge in [-0.15, -0.1) is 0 Å².